The van der Waals surface area contributed by atoms with Crippen LogP contribution in [0.25, 0.3) is 0 Å². The second kappa shape index (κ2) is 7.39. The summed E-state index contributed by atoms with van der Waals surface area (Å²) in [4.78, 5) is 7.35. The summed E-state index contributed by atoms with van der Waals surface area (Å²) in [6.45, 7) is 9.29. The van der Waals surface area contributed by atoms with E-state index in [1.54, 1.807) is 0 Å². The molecule has 2 heterocycles. The third kappa shape index (κ3) is 4.16. The molecule has 0 aliphatic carbocycles. The first-order valence-corrected chi connectivity index (χ1v) is 8.46. The van der Waals surface area contributed by atoms with Crippen molar-refractivity contribution < 1.29 is 0 Å². The second-order valence-corrected chi connectivity index (χ2v) is 6.49. The summed E-state index contributed by atoms with van der Waals surface area (Å²) in [6, 6.07) is 0.659. The number of piperidine rings is 1. The Morgan fingerprint density at radius 2 is 2.06 bits per heavy atom. The lowest BCUT2D eigenvalue weighted by molar-refractivity contribution is 0.196. The van der Waals surface area contributed by atoms with Crippen molar-refractivity contribution in [2.75, 3.05) is 31.9 Å². The van der Waals surface area contributed by atoms with Gasteiger partial charge in [0.1, 0.15) is 0 Å². The fourth-order valence-electron chi connectivity index (χ4n) is 2.68. The van der Waals surface area contributed by atoms with Gasteiger partial charge in [0.15, 0.2) is 5.17 Å². The lowest BCUT2D eigenvalue weighted by atomic mass is 9.97. The summed E-state index contributed by atoms with van der Waals surface area (Å²) in [5.74, 6) is 2.04. The average molecular weight is 269 g/mol. The molecule has 0 amide bonds. The summed E-state index contributed by atoms with van der Waals surface area (Å²) < 4.78 is 0. The zero-order valence-electron chi connectivity index (χ0n) is 11.8. The minimum Gasteiger partial charge on any atom is -0.362 e. The van der Waals surface area contributed by atoms with Crippen LogP contribution in [-0.2, 0) is 0 Å². The van der Waals surface area contributed by atoms with Crippen LogP contribution in [0, 0.1) is 5.92 Å². The second-order valence-electron chi connectivity index (χ2n) is 5.41. The molecule has 3 nitrogen and oxygen atoms in total. The topological polar surface area (TPSA) is 27.6 Å². The molecule has 18 heavy (non-hydrogen) atoms. The Hall–Kier alpha value is -0.220. The van der Waals surface area contributed by atoms with Crippen molar-refractivity contribution in [3.05, 3.63) is 0 Å². The maximum atomic E-state index is 4.81. The van der Waals surface area contributed by atoms with Crippen molar-refractivity contribution in [2.24, 2.45) is 10.9 Å². The first-order chi connectivity index (χ1) is 8.81. The molecule has 2 aliphatic heterocycles. The van der Waals surface area contributed by atoms with E-state index in [0.29, 0.717) is 6.04 Å². The zero-order chi connectivity index (χ0) is 12.8. The number of aliphatic imine (C=N–C) groups is 1. The molecular weight excluding hydrogens is 242 g/mol. The minimum absolute atomic E-state index is 0.659. The number of hydrogen-bond donors (Lipinski definition) is 1. The molecule has 1 unspecified atom stereocenters. The predicted molar refractivity (Wildman–Crippen MR) is 81.4 cm³/mol. The summed E-state index contributed by atoms with van der Waals surface area (Å²) >= 11 is 1.90. The van der Waals surface area contributed by atoms with Crippen LogP contribution in [0.1, 0.15) is 39.5 Å². The SMILES string of the molecule is CCC1CCSC(=NCC2CCN(CC)CC2)N1. The van der Waals surface area contributed by atoms with Crippen molar-refractivity contribution in [1.29, 1.82) is 0 Å². The Morgan fingerprint density at radius 1 is 1.28 bits per heavy atom. The van der Waals surface area contributed by atoms with Gasteiger partial charge in [-0.1, -0.05) is 25.6 Å². The van der Waals surface area contributed by atoms with Crippen LogP contribution < -0.4 is 5.32 Å². The van der Waals surface area contributed by atoms with Crippen LogP contribution in [0.15, 0.2) is 4.99 Å². The van der Waals surface area contributed by atoms with E-state index in [4.69, 9.17) is 4.99 Å². The molecule has 0 aromatic carbocycles. The molecule has 2 saturated heterocycles. The number of amidine groups is 1. The van der Waals surface area contributed by atoms with Crippen LogP contribution >= 0.6 is 11.8 Å². The molecule has 2 rings (SSSR count). The van der Waals surface area contributed by atoms with Crippen molar-refractivity contribution in [2.45, 2.75) is 45.6 Å². The molecule has 4 heteroatoms. The lowest BCUT2D eigenvalue weighted by Gasteiger charge is -2.30. The Labute approximate surface area is 116 Å². The fourth-order valence-corrected chi connectivity index (χ4v) is 3.69. The van der Waals surface area contributed by atoms with Gasteiger partial charge in [-0.05, 0) is 51.2 Å². The number of hydrogen-bond acceptors (Lipinski definition) is 3. The Morgan fingerprint density at radius 3 is 2.72 bits per heavy atom. The third-order valence-electron chi connectivity index (χ3n) is 4.17. The third-order valence-corrected chi connectivity index (χ3v) is 5.13. The van der Waals surface area contributed by atoms with Crippen LogP contribution in [0.2, 0.25) is 0 Å². The smallest absolute Gasteiger partial charge is 0.156 e. The van der Waals surface area contributed by atoms with Gasteiger partial charge in [-0.25, -0.2) is 0 Å². The van der Waals surface area contributed by atoms with Crippen LogP contribution in [0.5, 0.6) is 0 Å². The van der Waals surface area contributed by atoms with E-state index in [1.165, 1.54) is 56.2 Å². The summed E-state index contributed by atoms with van der Waals surface area (Å²) in [5, 5.41) is 4.77. The maximum absolute atomic E-state index is 4.81. The van der Waals surface area contributed by atoms with Crippen LogP contribution in [0.4, 0.5) is 0 Å². The van der Waals surface area contributed by atoms with Gasteiger partial charge in [-0.15, -0.1) is 0 Å². The highest BCUT2D eigenvalue weighted by Crippen LogP contribution is 2.19. The van der Waals surface area contributed by atoms with Crippen molar-refractivity contribution >= 4 is 16.9 Å². The number of likely N-dealkylation sites (tertiary alicyclic amines) is 1. The van der Waals surface area contributed by atoms with Crippen molar-refractivity contribution in [1.82, 2.24) is 10.2 Å². The molecule has 1 N–H and O–H groups in total. The first-order valence-electron chi connectivity index (χ1n) is 7.48. The molecule has 1 atom stereocenters. The normalized spacial score (nSPS) is 29.4. The molecule has 2 aliphatic rings. The monoisotopic (exact) mass is 269 g/mol. The van der Waals surface area contributed by atoms with Gasteiger partial charge < -0.3 is 10.2 Å². The minimum atomic E-state index is 0.659. The van der Waals surface area contributed by atoms with E-state index >= 15 is 0 Å². The Bertz CT molecular complexity index is 272. The number of thioether (sulfide) groups is 1. The van der Waals surface area contributed by atoms with Gasteiger partial charge in [0.2, 0.25) is 0 Å². The molecule has 0 aromatic heterocycles. The number of rotatable bonds is 4. The van der Waals surface area contributed by atoms with Crippen LogP contribution in [0.3, 0.4) is 0 Å². The standard InChI is InChI=1S/C14H27N3S/c1-3-13-7-10-18-14(16-13)15-11-12-5-8-17(4-2)9-6-12/h12-13H,3-11H2,1-2H3,(H,15,16). The average Bonchev–Trinajstić information content (AvgIpc) is 2.46. The van der Waals surface area contributed by atoms with E-state index in [1.807, 2.05) is 11.8 Å². The molecule has 0 aromatic rings. The van der Waals surface area contributed by atoms with Gasteiger partial charge in [-0.2, -0.15) is 0 Å². The van der Waals surface area contributed by atoms with E-state index < -0.39 is 0 Å². The molecule has 0 spiro atoms. The molecule has 2 fully saturated rings. The first kappa shape index (κ1) is 14.2. The van der Waals surface area contributed by atoms with Gasteiger partial charge in [0, 0.05) is 18.3 Å². The maximum Gasteiger partial charge on any atom is 0.156 e. The molecule has 104 valence electrons. The Kier molecular flexibility index (Phi) is 5.83. The van der Waals surface area contributed by atoms with Gasteiger partial charge in [-0.3, -0.25) is 4.99 Å². The van der Waals surface area contributed by atoms with E-state index in [9.17, 15) is 0 Å². The van der Waals surface area contributed by atoms with Gasteiger partial charge in [0.05, 0.1) is 0 Å². The molecular formula is C14H27N3S. The van der Waals surface area contributed by atoms with Gasteiger partial charge in [0.25, 0.3) is 0 Å². The largest absolute Gasteiger partial charge is 0.362 e. The predicted octanol–water partition coefficient (Wildman–Crippen LogP) is 2.58. The summed E-state index contributed by atoms with van der Waals surface area (Å²) in [5.41, 5.74) is 0. The molecule has 0 radical (unpaired) electrons. The quantitative estimate of drug-likeness (QED) is 0.850. The van der Waals surface area contributed by atoms with Crippen molar-refractivity contribution in [3.63, 3.8) is 0 Å². The highest BCUT2D eigenvalue weighted by Gasteiger charge is 2.19. The highest BCUT2D eigenvalue weighted by molar-refractivity contribution is 8.13. The van der Waals surface area contributed by atoms with E-state index in [-0.39, 0.29) is 0 Å². The Balaban J connectivity index is 1.73. The van der Waals surface area contributed by atoms with Crippen molar-refractivity contribution in [3.8, 4) is 0 Å². The zero-order valence-corrected chi connectivity index (χ0v) is 12.6. The lowest BCUT2D eigenvalue weighted by Crippen LogP contribution is -2.38. The van der Waals surface area contributed by atoms with E-state index in [2.05, 4.69) is 24.1 Å². The number of nitrogens with zero attached hydrogens (tertiary/aromatic N) is 2. The van der Waals surface area contributed by atoms with Gasteiger partial charge >= 0.3 is 0 Å². The summed E-state index contributed by atoms with van der Waals surface area (Å²) in [7, 11) is 0. The molecule has 0 bridgehead atoms. The van der Waals surface area contributed by atoms with E-state index in [0.717, 1.165) is 12.5 Å². The highest BCUT2D eigenvalue weighted by atomic mass is 32.2. The molecule has 0 saturated carbocycles. The fraction of sp³-hybridized carbons (Fsp3) is 0.929. The summed E-state index contributed by atoms with van der Waals surface area (Å²) in [6.07, 6.45) is 5.16. The van der Waals surface area contributed by atoms with Crippen LogP contribution in [-0.4, -0.2) is 48.0 Å². The number of nitrogens with one attached hydrogen (secondary N) is 1.